The number of sulfonamides is 1. The number of ether oxygens (including phenoxy) is 1. The van der Waals surface area contributed by atoms with Crippen molar-refractivity contribution in [1.82, 2.24) is 9.62 Å². The van der Waals surface area contributed by atoms with Gasteiger partial charge >= 0.3 is 0 Å². The standard InChI is InChI=1S/C20H26N2O4S/c1-3-22(16-17-9-5-4-6-10-17)20(23)18-11-7-12-19(15-18)27(24,25)21-13-8-14-26-2/h4-7,9-12,15,21H,3,8,13-14,16H2,1-2H3. The van der Waals surface area contributed by atoms with E-state index in [1.807, 2.05) is 37.3 Å². The van der Waals surface area contributed by atoms with Crippen molar-refractivity contribution in [2.45, 2.75) is 24.8 Å². The van der Waals surface area contributed by atoms with E-state index in [4.69, 9.17) is 4.74 Å². The van der Waals surface area contributed by atoms with Crippen LogP contribution in [0.25, 0.3) is 0 Å². The molecule has 0 radical (unpaired) electrons. The number of rotatable bonds is 10. The molecule has 0 atom stereocenters. The minimum atomic E-state index is -3.66. The molecule has 2 aromatic rings. The first kappa shape index (κ1) is 21.1. The van der Waals surface area contributed by atoms with Crippen molar-refractivity contribution < 1.29 is 17.9 Å². The average molecular weight is 391 g/mol. The minimum Gasteiger partial charge on any atom is -0.385 e. The van der Waals surface area contributed by atoms with Crippen LogP contribution in [0.2, 0.25) is 0 Å². The summed E-state index contributed by atoms with van der Waals surface area (Å²) in [5.74, 6) is -0.196. The predicted octanol–water partition coefficient (Wildman–Crippen LogP) is 2.66. The van der Waals surface area contributed by atoms with Crippen LogP contribution in [-0.2, 0) is 21.3 Å². The summed E-state index contributed by atoms with van der Waals surface area (Å²) in [4.78, 5) is 14.6. The molecule has 0 aliphatic rings. The molecule has 2 rings (SSSR count). The number of nitrogens with one attached hydrogen (secondary N) is 1. The van der Waals surface area contributed by atoms with Gasteiger partial charge in [0.25, 0.3) is 5.91 Å². The summed E-state index contributed by atoms with van der Waals surface area (Å²) in [5.41, 5.74) is 1.38. The van der Waals surface area contributed by atoms with E-state index in [0.29, 0.717) is 31.7 Å². The summed E-state index contributed by atoms with van der Waals surface area (Å²) in [6.07, 6.45) is 0.578. The number of methoxy groups -OCH3 is 1. The monoisotopic (exact) mass is 390 g/mol. The van der Waals surface area contributed by atoms with Gasteiger partial charge in [0.05, 0.1) is 4.90 Å². The summed E-state index contributed by atoms with van der Waals surface area (Å²) in [6.45, 7) is 3.66. The van der Waals surface area contributed by atoms with Crippen molar-refractivity contribution >= 4 is 15.9 Å². The molecule has 1 amide bonds. The van der Waals surface area contributed by atoms with E-state index in [-0.39, 0.29) is 17.3 Å². The lowest BCUT2D eigenvalue weighted by molar-refractivity contribution is 0.0752. The molecule has 0 spiro atoms. The maximum Gasteiger partial charge on any atom is 0.254 e. The van der Waals surface area contributed by atoms with E-state index in [1.165, 1.54) is 12.1 Å². The lowest BCUT2D eigenvalue weighted by atomic mass is 10.1. The number of carbonyl (C=O) groups excluding carboxylic acids is 1. The summed E-state index contributed by atoms with van der Waals surface area (Å²) in [5, 5.41) is 0. The van der Waals surface area contributed by atoms with Crippen LogP contribution in [-0.4, -0.2) is 46.0 Å². The number of benzene rings is 2. The van der Waals surface area contributed by atoms with Crippen molar-refractivity contribution in [3.05, 3.63) is 65.7 Å². The summed E-state index contributed by atoms with van der Waals surface area (Å²) >= 11 is 0. The second kappa shape index (κ2) is 10.2. The highest BCUT2D eigenvalue weighted by atomic mass is 32.2. The SMILES string of the molecule is CCN(Cc1ccccc1)C(=O)c1cccc(S(=O)(=O)NCCCOC)c1. The Hall–Kier alpha value is -2.22. The van der Waals surface area contributed by atoms with E-state index < -0.39 is 10.0 Å². The van der Waals surface area contributed by atoms with Gasteiger partial charge in [-0.05, 0) is 37.1 Å². The molecule has 0 saturated carbocycles. The molecular formula is C20H26N2O4S. The molecule has 2 aromatic carbocycles. The molecule has 0 aromatic heterocycles. The highest BCUT2D eigenvalue weighted by Crippen LogP contribution is 2.15. The van der Waals surface area contributed by atoms with Crippen molar-refractivity contribution in [1.29, 1.82) is 0 Å². The largest absolute Gasteiger partial charge is 0.385 e. The second-order valence-corrected chi connectivity index (χ2v) is 7.84. The molecule has 0 aliphatic carbocycles. The van der Waals surface area contributed by atoms with Crippen molar-refractivity contribution in [3.63, 3.8) is 0 Å². The summed E-state index contributed by atoms with van der Waals surface area (Å²) < 4.78 is 32.3. The van der Waals surface area contributed by atoms with E-state index in [1.54, 1.807) is 24.1 Å². The molecule has 27 heavy (non-hydrogen) atoms. The molecule has 7 heteroatoms. The van der Waals surface area contributed by atoms with Crippen LogP contribution >= 0.6 is 0 Å². The summed E-state index contributed by atoms with van der Waals surface area (Å²) in [7, 11) is -2.10. The molecule has 0 aliphatic heterocycles. The van der Waals surface area contributed by atoms with E-state index in [9.17, 15) is 13.2 Å². The third kappa shape index (κ3) is 6.16. The lowest BCUT2D eigenvalue weighted by Crippen LogP contribution is -2.31. The molecule has 0 heterocycles. The van der Waals surface area contributed by atoms with Gasteiger partial charge in [0, 0.05) is 38.9 Å². The Morgan fingerprint density at radius 2 is 1.85 bits per heavy atom. The Morgan fingerprint density at radius 3 is 2.52 bits per heavy atom. The third-order valence-electron chi connectivity index (χ3n) is 4.09. The van der Waals surface area contributed by atoms with Gasteiger partial charge in [-0.15, -0.1) is 0 Å². The number of amides is 1. The first-order chi connectivity index (χ1) is 13.0. The normalized spacial score (nSPS) is 11.3. The maximum absolute atomic E-state index is 12.9. The van der Waals surface area contributed by atoms with Crippen LogP contribution in [0.3, 0.4) is 0 Å². The fourth-order valence-corrected chi connectivity index (χ4v) is 3.74. The van der Waals surface area contributed by atoms with Gasteiger partial charge in [0.15, 0.2) is 0 Å². The van der Waals surface area contributed by atoms with Gasteiger partial charge in [0.2, 0.25) is 10.0 Å². The highest BCUT2D eigenvalue weighted by molar-refractivity contribution is 7.89. The Bertz CT molecular complexity index is 838. The van der Waals surface area contributed by atoms with Gasteiger partial charge < -0.3 is 9.64 Å². The van der Waals surface area contributed by atoms with Gasteiger partial charge in [-0.2, -0.15) is 0 Å². The molecule has 1 N–H and O–H groups in total. The maximum atomic E-state index is 12.9. The van der Waals surface area contributed by atoms with E-state index in [0.717, 1.165) is 5.56 Å². The third-order valence-corrected chi connectivity index (χ3v) is 5.55. The van der Waals surface area contributed by atoms with Crippen LogP contribution in [0.5, 0.6) is 0 Å². The van der Waals surface area contributed by atoms with E-state index in [2.05, 4.69) is 4.72 Å². The molecule has 146 valence electrons. The van der Waals surface area contributed by atoms with Gasteiger partial charge in [-0.1, -0.05) is 36.4 Å². The van der Waals surface area contributed by atoms with Gasteiger partial charge in [-0.25, -0.2) is 13.1 Å². The van der Waals surface area contributed by atoms with Crippen LogP contribution < -0.4 is 4.72 Å². The van der Waals surface area contributed by atoms with Crippen LogP contribution in [0, 0.1) is 0 Å². The zero-order valence-corrected chi connectivity index (χ0v) is 16.5. The first-order valence-corrected chi connectivity index (χ1v) is 10.4. The second-order valence-electron chi connectivity index (χ2n) is 6.08. The number of carbonyl (C=O) groups is 1. The number of nitrogens with zero attached hydrogens (tertiary/aromatic N) is 1. The van der Waals surface area contributed by atoms with Gasteiger partial charge in [0.1, 0.15) is 0 Å². The Labute approximate surface area is 161 Å². The summed E-state index contributed by atoms with van der Waals surface area (Å²) in [6, 6.07) is 15.8. The molecular weight excluding hydrogens is 364 g/mol. The fourth-order valence-electron chi connectivity index (χ4n) is 2.62. The quantitative estimate of drug-likeness (QED) is 0.633. The molecule has 0 unspecified atom stereocenters. The van der Waals surface area contributed by atoms with Crippen molar-refractivity contribution in [2.24, 2.45) is 0 Å². The smallest absolute Gasteiger partial charge is 0.254 e. The van der Waals surface area contributed by atoms with Crippen molar-refractivity contribution in [3.8, 4) is 0 Å². The zero-order chi connectivity index (χ0) is 19.7. The predicted molar refractivity (Wildman–Crippen MR) is 105 cm³/mol. The molecule has 6 nitrogen and oxygen atoms in total. The fraction of sp³-hybridized carbons (Fsp3) is 0.350. The van der Waals surface area contributed by atoms with Crippen LogP contribution in [0.4, 0.5) is 0 Å². The molecule has 0 saturated heterocycles. The molecule has 0 fully saturated rings. The minimum absolute atomic E-state index is 0.0848. The first-order valence-electron chi connectivity index (χ1n) is 8.89. The van der Waals surface area contributed by atoms with E-state index >= 15 is 0 Å². The topological polar surface area (TPSA) is 75.7 Å². The van der Waals surface area contributed by atoms with Crippen LogP contribution in [0.15, 0.2) is 59.5 Å². The van der Waals surface area contributed by atoms with Gasteiger partial charge in [-0.3, -0.25) is 4.79 Å². The lowest BCUT2D eigenvalue weighted by Gasteiger charge is -2.21. The van der Waals surface area contributed by atoms with Crippen molar-refractivity contribution in [2.75, 3.05) is 26.8 Å². The Kier molecular flexibility index (Phi) is 7.97. The Morgan fingerprint density at radius 1 is 1.11 bits per heavy atom. The number of hydrogen-bond acceptors (Lipinski definition) is 4. The average Bonchev–Trinajstić information content (AvgIpc) is 2.70. The molecule has 0 bridgehead atoms. The highest BCUT2D eigenvalue weighted by Gasteiger charge is 2.19. The number of hydrogen-bond donors (Lipinski definition) is 1. The zero-order valence-electron chi connectivity index (χ0n) is 15.7. The van der Waals surface area contributed by atoms with Crippen LogP contribution in [0.1, 0.15) is 29.3 Å². The Balaban J connectivity index is 2.13.